The number of imide groups is 2. The Kier molecular flexibility index (Phi) is 12.0. The van der Waals surface area contributed by atoms with E-state index in [1.165, 1.54) is 9.80 Å². The van der Waals surface area contributed by atoms with E-state index < -0.39 is 20.2 Å². The number of nitrogens with zero attached hydrogens (tertiary/aromatic N) is 2. The van der Waals surface area contributed by atoms with Gasteiger partial charge in [-0.25, -0.2) is 0 Å². The van der Waals surface area contributed by atoms with E-state index in [2.05, 4.69) is 10.6 Å². The lowest BCUT2D eigenvalue weighted by atomic mass is 9.94. The zero-order valence-electron chi connectivity index (χ0n) is 26.7. The Morgan fingerprint density at radius 2 is 0.776 bits per heavy atom. The highest BCUT2D eigenvalue weighted by Crippen LogP contribution is 2.31. The zero-order valence-corrected chi connectivity index (χ0v) is 28.4. The van der Waals surface area contributed by atoms with Crippen LogP contribution in [0.3, 0.4) is 0 Å². The molecule has 0 spiro atoms. The highest BCUT2D eigenvalue weighted by molar-refractivity contribution is 7.85. The summed E-state index contributed by atoms with van der Waals surface area (Å²) in [6.07, 6.45) is 2.24. The summed E-state index contributed by atoms with van der Waals surface area (Å²) in [7, 11) is -7.33. The Hall–Kier alpha value is -4.58. The molecule has 6 rings (SSSR count). The molecular weight excluding hydrogens is 677 g/mol. The van der Waals surface area contributed by atoms with Gasteiger partial charge >= 0.3 is 0 Å². The van der Waals surface area contributed by atoms with Crippen molar-refractivity contribution in [2.75, 3.05) is 51.8 Å². The van der Waals surface area contributed by atoms with Gasteiger partial charge in [-0.3, -0.25) is 38.1 Å². The first-order valence-corrected chi connectivity index (χ1v) is 18.8. The van der Waals surface area contributed by atoms with Crippen LogP contribution >= 0.6 is 0 Å². The first kappa shape index (κ1) is 37.2. The van der Waals surface area contributed by atoms with Gasteiger partial charge in [-0.2, -0.15) is 16.8 Å². The molecule has 2 heterocycles. The zero-order chi connectivity index (χ0) is 35.9. The van der Waals surface area contributed by atoms with E-state index in [1.807, 2.05) is 48.5 Å². The molecule has 0 fully saturated rings. The molecule has 0 saturated heterocycles. The fourth-order valence-electron chi connectivity index (χ4n) is 5.54. The fourth-order valence-corrected chi connectivity index (χ4v) is 5.54. The normalized spacial score (nSPS) is 14.0. The van der Waals surface area contributed by atoms with E-state index in [9.17, 15) is 36.0 Å². The van der Waals surface area contributed by atoms with E-state index in [0.29, 0.717) is 74.0 Å². The maximum absolute atomic E-state index is 13.0. The van der Waals surface area contributed by atoms with Crippen LogP contribution in [0.2, 0.25) is 0 Å². The predicted octanol–water partition coefficient (Wildman–Crippen LogP) is 2.46. The molecule has 2 aliphatic rings. The number of carbonyl (C=O) groups excluding carboxylic acids is 4. The fraction of sp³-hybridized carbons (Fsp3) is 0.273. The number of rotatable bonds is 10. The number of amides is 4. The first-order valence-electron chi connectivity index (χ1n) is 15.1. The monoisotopic (exact) mass is 712 g/mol. The van der Waals surface area contributed by atoms with Gasteiger partial charge in [0.25, 0.3) is 43.9 Å². The molecule has 2 aliphatic heterocycles. The molecule has 260 valence electrons. The van der Waals surface area contributed by atoms with Crippen LogP contribution in [0, 0.1) is 0 Å². The van der Waals surface area contributed by atoms with E-state index in [0.717, 1.165) is 28.0 Å². The van der Waals surface area contributed by atoms with E-state index >= 15 is 0 Å². The summed E-state index contributed by atoms with van der Waals surface area (Å²) >= 11 is 0. The van der Waals surface area contributed by atoms with Crippen LogP contribution in [0.15, 0.2) is 72.8 Å². The molecule has 4 N–H and O–H groups in total. The van der Waals surface area contributed by atoms with Gasteiger partial charge in [0.15, 0.2) is 0 Å². The SMILES string of the molecule is CS(=O)(=O)O.CS(=O)(=O)O.O=C1c2cccc3cccc(c23)C(=O)N1CCNCCCNCCN1C(=O)c2cccc3cccc(c23)C1=O. The molecule has 0 atom stereocenters. The minimum Gasteiger partial charge on any atom is -0.315 e. The van der Waals surface area contributed by atoms with Gasteiger partial charge in [0.2, 0.25) is 0 Å². The van der Waals surface area contributed by atoms with Crippen molar-refractivity contribution in [1.82, 2.24) is 20.4 Å². The molecule has 0 bridgehead atoms. The van der Waals surface area contributed by atoms with Crippen LogP contribution < -0.4 is 10.6 Å². The van der Waals surface area contributed by atoms with Crippen LogP contribution in [0.1, 0.15) is 47.9 Å². The standard InChI is InChI=1S/C31H28N4O4.2CH4O3S/c36-28-22-10-1-6-20-7-2-11-23(26(20)22)29(37)34(28)18-16-32-14-5-15-33-17-19-35-30(38)24-12-3-8-21-9-4-13-25(27(21)24)31(35)39;2*1-5(2,3)4/h1-4,6-13,32-33H,5,14-19H2;2*1H3,(H,2,3,4). The van der Waals surface area contributed by atoms with Crippen molar-refractivity contribution in [3.8, 4) is 0 Å². The third-order valence-corrected chi connectivity index (χ3v) is 7.44. The molecule has 4 aromatic rings. The summed E-state index contributed by atoms with van der Waals surface area (Å²) in [5.74, 6) is -1.02. The molecule has 0 unspecified atom stereocenters. The summed E-state index contributed by atoms with van der Waals surface area (Å²) in [6, 6.07) is 22.1. The Morgan fingerprint density at radius 1 is 0.510 bits per heavy atom. The Balaban J connectivity index is 0.000000477. The number of nitrogens with one attached hydrogen (secondary N) is 2. The first-order chi connectivity index (χ1) is 23.1. The molecular formula is C33H36N4O10S2. The summed E-state index contributed by atoms with van der Waals surface area (Å²) in [5, 5.41) is 9.85. The van der Waals surface area contributed by atoms with Gasteiger partial charge in [0, 0.05) is 59.2 Å². The maximum Gasteiger partial charge on any atom is 0.261 e. The number of hydrogen-bond acceptors (Lipinski definition) is 10. The van der Waals surface area contributed by atoms with Gasteiger partial charge < -0.3 is 10.6 Å². The second kappa shape index (κ2) is 15.8. The third kappa shape index (κ3) is 9.75. The van der Waals surface area contributed by atoms with Crippen molar-refractivity contribution in [3.63, 3.8) is 0 Å². The summed E-state index contributed by atoms with van der Waals surface area (Å²) in [4.78, 5) is 54.5. The Morgan fingerprint density at radius 3 is 1.04 bits per heavy atom. The minimum absolute atomic E-state index is 0.256. The van der Waals surface area contributed by atoms with Crippen LogP contribution in [-0.2, 0) is 20.2 Å². The van der Waals surface area contributed by atoms with E-state index in [4.69, 9.17) is 9.11 Å². The number of benzene rings is 4. The van der Waals surface area contributed by atoms with Gasteiger partial charge in [0.05, 0.1) is 12.5 Å². The summed E-state index contributed by atoms with van der Waals surface area (Å²) in [5.41, 5.74) is 2.27. The molecule has 4 amide bonds. The van der Waals surface area contributed by atoms with Crippen molar-refractivity contribution in [2.45, 2.75) is 6.42 Å². The van der Waals surface area contributed by atoms with Crippen molar-refractivity contribution in [3.05, 3.63) is 95.1 Å². The second-order valence-corrected chi connectivity index (χ2v) is 14.2. The lowest BCUT2D eigenvalue weighted by Gasteiger charge is -2.27. The average Bonchev–Trinajstić information content (AvgIpc) is 3.02. The highest BCUT2D eigenvalue weighted by atomic mass is 32.2. The van der Waals surface area contributed by atoms with E-state index in [-0.39, 0.29) is 23.6 Å². The summed E-state index contributed by atoms with van der Waals surface area (Å²) in [6.45, 7) is 2.99. The molecule has 0 aromatic heterocycles. The molecule has 49 heavy (non-hydrogen) atoms. The molecule has 0 aliphatic carbocycles. The number of hydrogen-bond donors (Lipinski definition) is 4. The predicted molar refractivity (Wildman–Crippen MR) is 184 cm³/mol. The Labute approximate surface area is 283 Å². The molecule has 4 aromatic carbocycles. The largest absolute Gasteiger partial charge is 0.315 e. The second-order valence-electron chi connectivity index (χ2n) is 11.3. The minimum atomic E-state index is -3.67. The van der Waals surface area contributed by atoms with Crippen molar-refractivity contribution >= 4 is 65.4 Å². The molecule has 0 radical (unpaired) electrons. The highest BCUT2D eigenvalue weighted by Gasteiger charge is 2.33. The van der Waals surface area contributed by atoms with Crippen LogP contribution in [0.25, 0.3) is 21.5 Å². The van der Waals surface area contributed by atoms with Crippen LogP contribution in [0.4, 0.5) is 0 Å². The lowest BCUT2D eigenvalue weighted by molar-refractivity contribution is 0.0597. The Bertz CT molecular complexity index is 1870. The van der Waals surface area contributed by atoms with Crippen molar-refractivity contribution < 1.29 is 45.1 Å². The maximum atomic E-state index is 13.0. The molecule has 14 nitrogen and oxygen atoms in total. The third-order valence-electron chi connectivity index (χ3n) is 7.44. The average molecular weight is 713 g/mol. The number of carbonyl (C=O) groups is 4. The quantitative estimate of drug-likeness (QED) is 0.106. The van der Waals surface area contributed by atoms with Crippen molar-refractivity contribution in [2.24, 2.45) is 0 Å². The molecule has 16 heteroatoms. The van der Waals surface area contributed by atoms with Gasteiger partial charge in [0.1, 0.15) is 0 Å². The molecule has 0 saturated carbocycles. The van der Waals surface area contributed by atoms with Gasteiger partial charge in [-0.15, -0.1) is 0 Å². The van der Waals surface area contributed by atoms with Crippen molar-refractivity contribution in [1.29, 1.82) is 0 Å². The van der Waals surface area contributed by atoms with Gasteiger partial charge in [-0.05, 0) is 54.5 Å². The topological polar surface area (TPSA) is 208 Å². The summed E-state index contributed by atoms with van der Waals surface area (Å²) < 4.78 is 51.7. The lowest BCUT2D eigenvalue weighted by Crippen LogP contribution is -2.44. The smallest absolute Gasteiger partial charge is 0.261 e. The van der Waals surface area contributed by atoms with Crippen LogP contribution in [0.5, 0.6) is 0 Å². The van der Waals surface area contributed by atoms with Crippen LogP contribution in [-0.4, -0.2) is 111 Å². The van der Waals surface area contributed by atoms with Gasteiger partial charge in [-0.1, -0.05) is 48.5 Å². The van der Waals surface area contributed by atoms with E-state index in [1.54, 1.807) is 24.3 Å².